The van der Waals surface area contributed by atoms with Crippen molar-refractivity contribution in [3.63, 3.8) is 0 Å². The van der Waals surface area contributed by atoms with Gasteiger partial charge in [-0.05, 0) is 36.2 Å². The van der Waals surface area contributed by atoms with E-state index in [4.69, 9.17) is 5.26 Å². The van der Waals surface area contributed by atoms with Crippen LogP contribution in [0, 0.1) is 11.3 Å². The van der Waals surface area contributed by atoms with Crippen LogP contribution in [0.15, 0.2) is 54.6 Å². The number of nitrogens with zero attached hydrogens (tertiary/aromatic N) is 3. The molecule has 0 aromatic heterocycles. The highest BCUT2D eigenvalue weighted by molar-refractivity contribution is 7.88. The highest BCUT2D eigenvalue weighted by atomic mass is 32.2. The standard InChI is InChI=1S/C23H28N4O3S/c1-31(29,30)27-13-6-12-26(18-20-8-5-7-19(15-20)17-24)14-11-25-23(28)16-22(27)21-9-3-2-4-10-21/h2-5,7-10,15,22H,6,11-14,16,18H2,1H3,(H,25,28). The number of nitriles is 1. The summed E-state index contributed by atoms with van der Waals surface area (Å²) in [6, 6.07) is 18.4. The molecule has 3 rings (SSSR count). The minimum absolute atomic E-state index is 0.0846. The van der Waals surface area contributed by atoms with Crippen LogP contribution in [0.25, 0.3) is 0 Å². The third-order valence-electron chi connectivity index (χ3n) is 5.40. The van der Waals surface area contributed by atoms with Gasteiger partial charge in [0, 0.05) is 32.6 Å². The topological polar surface area (TPSA) is 93.5 Å². The summed E-state index contributed by atoms with van der Waals surface area (Å²) < 4.78 is 26.7. The average molecular weight is 441 g/mol. The van der Waals surface area contributed by atoms with Crippen LogP contribution in [0.5, 0.6) is 0 Å². The molecule has 0 saturated carbocycles. The van der Waals surface area contributed by atoms with Crippen molar-refractivity contribution in [1.29, 1.82) is 5.26 Å². The highest BCUT2D eigenvalue weighted by Crippen LogP contribution is 2.27. The third-order valence-corrected chi connectivity index (χ3v) is 6.69. The molecule has 0 radical (unpaired) electrons. The molecule has 2 aromatic carbocycles. The molecule has 31 heavy (non-hydrogen) atoms. The van der Waals surface area contributed by atoms with Gasteiger partial charge in [0.1, 0.15) is 0 Å². The van der Waals surface area contributed by atoms with Crippen molar-refractivity contribution >= 4 is 15.9 Å². The van der Waals surface area contributed by atoms with E-state index in [0.29, 0.717) is 44.7 Å². The molecule has 2 aromatic rings. The number of carbonyl (C=O) groups is 1. The second-order valence-corrected chi connectivity index (χ2v) is 9.73. The molecular weight excluding hydrogens is 412 g/mol. The zero-order valence-electron chi connectivity index (χ0n) is 17.7. The molecule has 1 aliphatic rings. The summed E-state index contributed by atoms with van der Waals surface area (Å²) in [6.07, 6.45) is 1.93. The number of hydrogen-bond acceptors (Lipinski definition) is 5. The smallest absolute Gasteiger partial charge is 0.222 e. The number of amides is 1. The van der Waals surface area contributed by atoms with Crippen LogP contribution in [-0.2, 0) is 21.4 Å². The summed E-state index contributed by atoms with van der Waals surface area (Å²) in [4.78, 5) is 14.8. The largest absolute Gasteiger partial charge is 0.355 e. The number of carbonyl (C=O) groups excluding carboxylic acids is 1. The Balaban J connectivity index is 1.81. The second-order valence-electron chi connectivity index (χ2n) is 7.80. The monoisotopic (exact) mass is 440 g/mol. The Kier molecular flexibility index (Phi) is 7.80. The first-order chi connectivity index (χ1) is 14.9. The lowest BCUT2D eigenvalue weighted by atomic mass is 10.0. The van der Waals surface area contributed by atoms with E-state index in [9.17, 15) is 13.2 Å². The Morgan fingerprint density at radius 1 is 1.10 bits per heavy atom. The first-order valence-electron chi connectivity index (χ1n) is 10.4. The average Bonchev–Trinajstić information content (AvgIpc) is 2.78. The molecule has 8 heteroatoms. The molecule has 164 valence electrons. The molecule has 1 amide bonds. The van der Waals surface area contributed by atoms with Crippen LogP contribution in [0.3, 0.4) is 0 Å². The quantitative estimate of drug-likeness (QED) is 0.787. The van der Waals surface area contributed by atoms with E-state index in [1.54, 1.807) is 6.07 Å². The van der Waals surface area contributed by atoms with Gasteiger partial charge in [-0.15, -0.1) is 0 Å². The zero-order chi connectivity index (χ0) is 22.3. The van der Waals surface area contributed by atoms with Gasteiger partial charge in [-0.3, -0.25) is 9.69 Å². The van der Waals surface area contributed by atoms with Crippen molar-refractivity contribution in [2.45, 2.75) is 25.4 Å². The molecule has 1 fully saturated rings. The number of rotatable bonds is 4. The van der Waals surface area contributed by atoms with E-state index < -0.39 is 16.1 Å². The molecule has 0 aliphatic carbocycles. The number of benzene rings is 2. The van der Waals surface area contributed by atoms with Crippen LogP contribution in [0.2, 0.25) is 0 Å². The van der Waals surface area contributed by atoms with Gasteiger partial charge in [0.25, 0.3) is 0 Å². The van der Waals surface area contributed by atoms with Crippen LogP contribution >= 0.6 is 0 Å². The number of nitrogens with one attached hydrogen (secondary N) is 1. The summed E-state index contributed by atoms with van der Waals surface area (Å²) in [5.74, 6) is -0.171. The predicted molar refractivity (Wildman–Crippen MR) is 119 cm³/mol. The van der Waals surface area contributed by atoms with Gasteiger partial charge in [-0.25, -0.2) is 8.42 Å². The highest BCUT2D eigenvalue weighted by Gasteiger charge is 2.30. The minimum atomic E-state index is -3.51. The van der Waals surface area contributed by atoms with Crippen molar-refractivity contribution in [3.8, 4) is 6.07 Å². The van der Waals surface area contributed by atoms with Crippen molar-refractivity contribution in [3.05, 3.63) is 71.3 Å². The molecule has 1 saturated heterocycles. The van der Waals surface area contributed by atoms with Gasteiger partial charge >= 0.3 is 0 Å². The summed E-state index contributed by atoms with van der Waals surface area (Å²) in [7, 11) is -3.51. The van der Waals surface area contributed by atoms with E-state index in [1.165, 1.54) is 10.6 Å². The maximum Gasteiger partial charge on any atom is 0.222 e. The Morgan fingerprint density at radius 3 is 2.58 bits per heavy atom. The molecule has 0 bridgehead atoms. The molecule has 1 heterocycles. The zero-order valence-corrected chi connectivity index (χ0v) is 18.5. The Bertz CT molecular complexity index is 1030. The normalized spacial score (nSPS) is 19.7. The third kappa shape index (κ3) is 6.62. The molecule has 1 aliphatic heterocycles. The predicted octanol–water partition coefficient (Wildman–Crippen LogP) is 2.27. The molecule has 1 N–H and O–H groups in total. The Morgan fingerprint density at radius 2 is 1.87 bits per heavy atom. The van der Waals surface area contributed by atoms with Gasteiger partial charge in [-0.1, -0.05) is 42.5 Å². The first-order valence-corrected chi connectivity index (χ1v) is 12.2. The number of hydrogen-bond donors (Lipinski definition) is 1. The molecule has 1 unspecified atom stereocenters. The lowest BCUT2D eigenvalue weighted by molar-refractivity contribution is -0.122. The van der Waals surface area contributed by atoms with Crippen molar-refractivity contribution in [2.24, 2.45) is 0 Å². The Hall–Kier alpha value is -2.73. The number of sulfonamides is 1. The van der Waals surface area contributed by atoms with Gasteiger partial charge < -0.3 is 5.32 Å². The molecule has 1 atom stereocenters. The summed E-state index contributed by atoms with van der Waals surface area (Å²) in [5, 5.41) is 12.1. The SMILES string of the molecule is CS(=O)(=O)N1CCCN(Cc2cccc(C#N)c2)CCNC(=O)CC1c1ccccc1. The van der Waals surface area contributed by atoms with Gasteiger partial charge in [0.15, 0.2) is 0 Å². The van der Waals surface area contributed by atoms with E-state index in [1.807, 2.05) is 48.5 Å². The van der Waals surface area contributed by atoms with Crippen molar-refractivity contribution < 1.29 is 13.2 Å². The van der Waals surface area contributed by atoms with E-state index in [-0.39, 0.29) is 12.3 Å². The van der Waals surface area contributed by atoms with E-state index in [2.05, 4.69) is 16.3 Å². The van der Waals surface area contributed by atoms with Gasteiger partial charge in [-0.2, -0.15) is 9.57 Å². The Labute approximate surface area is 184 Å². The van der Waals surface area contributed by atoms with Crippen molar-refractivity contribution in [2.75, 3.05) is 32.4 Å². The van der Waals surface area contributed by atoms with Crippen LogP contribution in [0.4, 0.5) is 0 Å². The fourth-order valence-corrected chi connectivity index (χ4v) is 5.05. The molecular formula is C23H28N4O3S. The summed E-state index contributed by atoms with van der Waals surface area (Å²) in [5.41, 5.74) is 2.44. The maximum absolute atomic E-state index is 12.6. The molecule has 7 nitrogen and oxygen atoms in total. The van der Waals surface area contributed by atoms with Crippen LogP contribution in [-0.4, -0.2) is 56.0 Å². The fourth-order valence-electron chi connectivity index (χ4n) is 3.93. The summed E-state index contributed by atoms with van der Waals surface area (Å²) in [6.45, 7) is 2.78. The second kappa shape index (κ2) is 10.5. The summed E-state index contributed by atoms with van der Waals surface area (Å²) >= 11 is 0. The minimum Gasteiger partial charge on any atom is -0.355 e. The lowest BCUT2D eigenvalue weighted by Gasteiger charge is -2.30. The van der Waals surface area contributed by atoms with Crippen LogP contribution in [0.1, 0.15) is 35.6 Å². The van der Waals surface area contributed by atoms with Gasteiger partial charge in [0.2, 0.25) is 15.9 Å². The van der Waals surface area contributed by atoms with E-state index in [0.717, 1.165) is 11.1 Å². The molecule has 0 spiro atoms. The van der Waals surface area contributed by atoms with Gasteiger partial charge in [0.05, 0.1) is 23.9 Å². The maximum atomic E-state index is 12.6. The van der Waals surface area contributed by atoms with Crippen molar-refractivity contribution in [1.82, 2.24) is 14.5 Å². The first kappa shape index (κ1) is 22.9. The lowest BCUT2D eigenvalue weighted by Crippen LogP contribution is -2.38. The van der Waals surface area contributed by atoms with Crippen LogP contribution < -0.4 is 5.32 Å². The fraction of sp³-hybridized carbons (Fsp3) is 0.391. The van der Waals surface area contributed by atoms with E-state index >= 15 is 0 Å².